The summed E-state index contributed by atoms with van der Waals surface area (Å²) in [6, 6.07) is 4.67. The topological polar surface area (TPSA) is 61.8 Å². The number of nitrogens with one attached hydrogen (secondary N) is 2. The smallest absolute Gasteiger partial charge is 0.191 e. The SMILES string of the molecule is CCNC(=NCc1cccnc1N1CCOCC1)NC1CCC(C)CC1. The monoisotopic (exact) mass is 359 g/mol. The third kappa shape index (κ3) is 5.34. The minimum atomic E-state index is 0.539. The fourth-order valence-electron chi connectivity index (χ4n) is 3.70. The summed E-state index contributed by atoms with van der Waals surface area (Å²) in [5, 5.41) is 7.03. The number of hydrogen-bond acceptors (Lipinski definition) is 4. The van der Waals surface area contributed by atoms with Crippen LogP contribution in [0.15, 0.2) is 23.3 Å². The highest BCUT2D eigenvalue weighted by molar-refractivity contribution is 5.80. The van der Waals surface area contributed by atoms with E-state index in [0.29, 0.717) is 12.6 Å². The number of rotatable bonds is 5. The number of guanidine groups is 1. The molecule has 2 N–H and O–H groups in total. The molecular weight excluding hydrogens is 326 g/mol. The van der Waals surface area contributed by atoms with Crippen LogP contribution in [0, 0.1) is 5.92 Å². The van der Waals surface area contributed by atoms with E-state index in [4.69, 9.17) is 9.73 Å². The van der Waals surface area contributed by atoms with Crippen LogP contribution >= 0.6 is 0 Å². The molecule has 0 aromatic carbocycles. The molecule has 2 heterocycles. The van der Waals surface area contributed by atoms with E-state index in [2.05, 4.69) is 40.4 Å². The second-order valence-corrected chi connectivity index (χ2v) is 7.38. The quantitative estimate of drug-likeness (QED) is 0.625. The Balaban J connectivity index is 1.65. The van der Waals surface area contributed by atoms with Crippen LogP contribution in [0.2, 0.25) is 0 Å². The number of aromatic nitrogens is 1. The molecule has 1 saturated carbocycles. The lowest BCUT2D eigenvalue weighted by Crippen LogP contribution is -2.44. The predicted molar refractivity (Wildman–Crippen MR) is 107 cm³/mol. The van der Waals surface area contributed by atoms with Gasteiger partial charge in [-0.15, -0.1) is 0 Å². The Morgan fingerprint density at radius 1 is 1.27 bits per heavy atom. The minimum absolute atomic E-state index is 0.539. The highest BCUT2D eigenvalue weighted by Crippen LogP contribution is 2.23. The standard InChI is InChI=1S/C20H33N5O/c1-3-21-20(24-18-8-6-16(2)7-9-18)23-15-17-5-4-10-22-19(17)25-11-13-26-14-12-25/h4-5,10,16,18H,3,6-9,11-15H2,1-2H3,(H2,21,23,24). The van der Waals surface area contributed by atoms with E-state index in [1.807, 2.05) is 12.3 Å². The van der Waals surface area contributed by atoms with Gasteiger partial charge in [0.15, 0.2) is 5.96 Å². The van der Waals surface area contributed by atoms with Crippen LogP contribution in [0.5, 0.6) is 0 Å². The Kier molecular flexibility index (Phi) is 7.12. The zero-order chi connectivity index (χ0) is 18.2. The molecule has 1 aromatic rings. The van der Waals surface area contributed by atoms with Gasteiger partial charge >= 0.3 is 0 Å². The van der Waals surface area contributed by atoms with Gasteiger partial charge in [-0.2, -0.15) is 0 Å². The lowest BCUT2D eigenvalue weighted by molar-refractivity contribution is 0.122. The van der Waals surface area contributed by atoms with E-state index in [9.17, 15) is 0 Å². The molecule has 6 nitrogen and oxygen atoms in total. The number of morpholine rings is 1. The average molecular weight is 360 g/mol. The summed E-state index contributed by atoms with van der Waals surface area (Å²) in [7, 11) is 0. The molecule has 0 spiro atoms. The van der Waals surface area contributed by atoms with E-state index >= 15 is 0 Å². The third-order valence-electron chi connectivity index (χ3n) is 5.29. The summed E-state index contributed by atoms with van der Waals surface area (Å²) in [5.74, 6) is 2.82. The first-order chi connectivity index (χ1) is 12.8. The maximum atomic E-state index is 5.47. The molecule has 0 atom stereocenters. The van der Waals surface area contributed by atoms with Gasteiger partial charge in [-0.3, -0.25) is 0 Å². The Hall–Kier alpha value is -1.82. The fraction of sp³-hybridized carbons (Fsp3) is 0.700. The molecule has 1 aliphatic heterocycles. The van der Waals surface area contributed by atoms with Gasteiger partial charge in [0.05, 0.1) is 19.8 Å². The summed E-state index contributed by atoms with van der Waals surface area (Å²) in [6.45, 7) is 9.30. The van der Waals surface area contributed by atoms with Crippen molar-refractivity contribution in [2.75, 3.05) is 37.7 Å². The van der Waals surface area contributed by atoms with Crippen LogP contribution in [0.25, 0.3) is 0 Å². The highest BCUT2D eigenvalue weighted by atomic mass is 16.5. The average Bonchev–Trinajstić information content (AvgIpc) is 2.69. The molecule has 1 saturated heterocycles. The van der Waals surface area contributed by atoms with Crippen molar-refractivity contribution in [1.29, 1.82) is 0 Å². The molecule has 0 amide bonds. The maximum absolute atomic E-state index is 5.47. The van der Waals surface area contributed by atoms with Gasteiger partial charge < -0.3 is 20.3 Å². The lowest BCUT2D eigenvalue weighted by Gasteiger charge is -2.29. The Labute approximate surface area is 157 Å². The summed E-state index contributed by atoms with van der Waals surface area (Å²) in [5.41, 5.74) is 1.17. The van der Waals surface area contributed by atoms with E-state index in [1.54, 1.807) is 0 Å². The van der Waals surface area contributed by atoms with Gasteiger partial charge in [0.1, 0.15) is 5.82 Å². The first kappa shape index (κ1) is 19.0. The molecule has 3 rings (SSSR count). The third-order valence-corrected chi connectivity index (χ3v) is 5.29. The fourth-order valence-corrected chi connectivity index (χ4v) is 3.70. The minimum Gasteiger partial charge on any atom is -0.378 e. The van der Waals surface area contributed by atoms with Crippen LogP contribution in [0.1, 0.15) is 45.1 Å². The van der Waals surface area contributed by atoms with Gasteiger partial charge in [-0.25, -0.2) is 9.98 Å². The Bertz CT molecular complexity index is 577. The molecule has 0 radical (unpaired) electrons. The maximum Gasteiger partial charge on any atom is 0.191 e. The number of aliphatic imine (C=N–C) groups is 1. The summed E-state index contributed by atoms with van der Waals surface area (Å²) in [6.07, 6.45) is 6.95. The molecular formula is C20H33N5O. The van der Waals surface area contributed by atoms with Crippen molar-refractivity contribution < 1.29 is 4.74 Å². The first-order valence-electron chi connectivity index (χ1n) is 10.1. The van der Waals surface area contributed by atoms with E-state index < -0.39 is 0 Å². The second kappa shape index (κ2) is 9.76. The molecule has 0 bridgehead atoms. The number of nitrogens with zero attached hydrogens (tertiary/aromatic N) is 3. The summed E-state index contributed by atoms with van der Waals surface area (Å²) < 4.78 is 5.47. The van der Waals surface area contributed by atoms with Crippen molar-refractivity contribution in [2.24, 2.45) is 10.9 Å². The van der Waals surface area contributed by atoms with Crippen molar-refractivity contribution in [2.45, 2.75) is 52.1 Å². The molecule has 2 aliphatic rings. The van der Waals surface area contributed by atoms with Crippen molar-refractivity contribution >= 4 is 11.8 Å². The number of pyridine rings is 1. The summed E-state index contributed by atoms with van der Waals surface area (Å²) in [4.78, 5) is 11.8. The first-order valence-corrected chi connectivity index (χ1v) is 10.1. The van der Waals surface area contributed by atoms with Crippen molar-refractivity contribution in [1.82, 2.24) is 15.6 Å². The highest BCUT2D eigenvalue weighted by Gasteiger charge is 2.19. The van der Waals surface area contributed by atoms with Crippen LogP contribution in [0.4, 0.5) is 5.82 Å². The predicted octanol–water partition coefficient (Wildman–Crippen LogP) is 2.55. The normalized spacial score (nSPS) is 24.4. The molecule has 1 aliphatic carbocycles. The van der Waals surface area contributed by atoms with Crippen molar-refractivity contribution in [3.63, 3.8) is 0 Å². The molecule has 26 heavy (non-hydrogen) atoms. The number of anilines is 1. The summed E-state index contributed by atoms with van der Waals surface area (Å²) >= 11 is 0. The molecule has 6 heteroatoms. The zero-order valence-electron chi connectivity index (χ0n) is 16.2. The number of hydrogen-bond donors (Lipinski definition) is 2. The van der Waals surface area contributed by atoms with Gasteiger partial charge in [-0.05, 0) is 44.6 Å². The van der Waals surface area contributed by atoms with Crippen molar-refractivity contribution in [3.05, 3.63) is 23.9 Å². The Morgan fingerprint density at radius 2 is 2.04 bits per heavy atom. The number of ether oxygens (including phenoxy) is 1. The van der Waals surface area contributed by atoms with Gasteiger partial charge in [0, 0.05) is 37.4 Å². The lowest BCUT2D eigenvalue weighted by atomic mass is 9.87. The van der Waals surface area contributed by atoms with E-state index in [1.165, 1.54) is 31.2 Å². The zero-order valence-corrected chi connectivity index (χ0v) is 16.2. The Morgan fingerprint density at radius 3 is 2.77 bits per heavy atom. The van der Waals surface area contributed by atoms with Gasteiger partial charge in [0.25, 0.3) is 0 Å². The van der Waals surface area contributed by atoms with Crippen LogP contribution in [-0.4, -0.2) is 49.8 Å². The second-order valence-electron chi connectivity index (χ2n) is 7.38. The van der Waals surface area contributed by atoms with Crippen molar-refractivity contribution in [3.8, 4) is 0 Å². The van der Waals surface area contributed by atoms with Gasteiger partial charge in [0.2, 0.25) is 0 Å². The molecule has 2 fully saturated rings. The molecule has 0 unspecified atom stereocenters. The van der Waals surface area contributed by atoms with E-state index in [-0.39, 0.29) is 0 Å². The molecule has 144 valence electrons. The van der Waals surface area contributed by atoms with Crippen LogP contribution in [-0.2, 0) is 11.3 Å². The van der Waals surface area contributed by atoms with Crippen LogP contribution < -0.4 is 15.5 Å². The van der Waals surface area contributed by atoms with E-state index in [0.717, 1.165) is 50.5 Å². The van der Waals surface area contributed by atoms with Crippen LogP contribution in [0.3, 0.4) is 0 Å². The molecule has 1 aromatic heterocycles. The largest absolute Gasteiger partial charge is 0.378 e. The van der Waals surface area contributed by atoms with Gasteiger partial charge in [-0.1, -0.05) is 13.0 Å².